The van der Waals surface area contributed by atoms with Gasteiger partial charge in [0.2, 0.25) is 0 Å². The first-order valence-electron chi connectivity index (χ1n) is 7.41. The molecule has 1 amide bonds. The van der Waals surface area contributed by atoms with Crippen molar-refractivity contribution in [2.24, 2.45) is 0 Å². The Labute approximate surface area is 130 Å². The van der Waals surface area contributed by atoms with Crippen molar-refractivity contribution in [2.45, 2.75) is 25.9 Å². The number of carbonyl (C=O) groups is 1. The monoisotopic (exact) mass is 304 g/mol. The molecule has 0 radical (unpaired) electrons. The standard InChI is InChI=1S/C16H20N2O4/c1-2-20-15-8-12(9-17)5-6-14(15)22-11-16(19)18-10-13-4-3-7-21-13/h5-6,8,13H,2-4,7,10-11H2,1H3,(H,18,19). The molecule has 0 aliphatic carbocycles. The lowest BCUT2D eigenvalue weighted by molar-refractivity contribution is -0.123. The molecule has 0 bridgehead atoms. The minimum atomic E-state index is -0.206. The van der Waals surface area contributed by atoms with E-state index in [1.807, 2.05) is 13.0 Å². The van der Waals surface area contributed by atoms with Gasteiger partial charge < -0.3 is 19.5 Å². The Hall–Kier alpha value is -2.26. The average molecular weight is 304 g/mol. The average Bonchev–Trinajstić information content (AvgIpc) is 3.05. The maximum atomic E-state index is 11.8. The predicted molar refractivity (Wildman–Crippen MR) is 79.8 cm³/mol. The Morgan fingerprint density at radius 2 is 2.32 bits per heavy atom. The van der Waals surface area contributed by atoms with Crippen LogP contribution in [0.25, 0.3) is 0 Å². The number of nitrogens with one attached hydrogen (secondary N) is 1. The minimum Gasteiger partial charge on any atom is -0.490 e. The van der Waals surface area contributed by atoms with Crippen LogP contribution in [0.3, 0.4) is 0 Å². The molecule has 0 saturated carbocycles. The molecule has 0 aromatic heterocycles. The molecule has 1 aliphatic heterocycles. The van der Waals surface area contributed by atoms with Gasteiger partial charge in [0.25, 0.3) is 5.91 Å². The summed E-state index contributed by atoms with van der Waals surface area (Å²) in [6, 6.07) is 6.90. The van der Waals surface area contributed by atoms with Crippen molar-refractivity contribution in [3.8, 4) is 17.6 Å². The van der Waals surface area contributed by atoms with Gasteiger partial charge in [0.1, 0.15) is 0 Å². The molecule has 1 aliphatic rings. The van der Waals surface area contributed by atoms with E-state index in [1.54, 1.807) is 18.2 Å². The third-order valence-corrected chi connectivity index (χ3v) is 3.28. The van der Waals surface area contributed by atoms with Crippen LogP contribution in [0.15, 0.2) is 18.2 Å². The number of benzene rings is 1. The molecule has 22 heavy (non-hydrogen) atoms. The van der Waals surface area contributed by atoms with Crippen molar-refractivity contribution in [1.29, 1.82) is 5.26 Å². The lowest BCUT2D eigenvalue weighted by Gasteiger charge is -2.13. The molecule has 118 valence electrons. The first-order valence-corrected chi connectivity index (χ1v) is 7.41. The van der Waals surface area contributed by atoms with Crippen molar-refractivity contribution in [1.82, 2.24) is 5.32 Å². The number of rotatable bonds is 7. The zero-order valence-electron chi connectivity index (χ0n) is 12.6. The first-order chi connectivity index (χ1) is 10.7. The molecular formula is C16H20N2O4. The Balaban J connectivity index is 1.84. The maximum Gasteiger partial charge on any atom is 0.258 e. The summed E-state index contributed by atoms with van der Waals surface area (Å²) >= 11 is 0. The molecule has 1 aromatic rings. The van der Waals surface area contributed by atoms with Gasteiger partial charge >= 0.3 is 0 Å². The molecule has 1 saturated heterocycles. The third kappa shape index (κ3) is 4.64. The van der Waals surface area contributed by atoms with Crippen molar-refractivity contribution >= 4 is 5.91 Å². The van der Waals surface area contributed by atoms with E-state index in [0.717, 1.165) is 19.4 Å². The highest BCUT2D eigenvalue weighted by Crippen LogP contribution is 2.28. The van der Waals surface area contributed by atoms with Gasteiger partial charge in [-0.1, -0.05) is 0 Å². The van der Waals surface area contributed by atoms with Gasteiger partial charge in [-0.15, -0.1) is 0 Å². The van der Waals surface area contributed by atoms with Crippen molar-refractivity contribution < 1.29 is 19.0 Å². The Morgan fingerprint density at radius 3 is 3.00 bits per heavy atom. The summed E-state index contributed by atoms with van der Waals surface area (Å²) in [7, 11) is 0. The highest BCUT2D eigenvalue weighted by Gasteiger charge is 2.16. The molecule has 1 unspecified atom stereocenters. The molecule has 1 aromatic carbocycles. The molecular weight excluding hydrogens is 284 g/mol. The van der Waals surface area contributed by atoms with Gasteiger partial charge in [-0.3, -0.25) is 4.79 Å². The van der Waals surface area contributed by atoms with E-state index in [4.69, 9.17) is 19.5 Å². The summed E-state index contributed by atoms with van der Waals surface area (Å²) in [6.45, 7) is 3.47. The second-order valence-electron chi connectivity index (χ2n) is 4.93. The van der Waals surface area contributed by atoms with Gasteiger partial charge in [-0.2, -0.15) is 5.26 Å². The van der Waals surface area contributed by atoms with E-state index in [-0.39, 0.29) is 18.6 Å². The highest BCUT2D eigenvalue weighted by molar-refractivity contribution is 5.77. The van der Waals surface area contributed by atoms with Crippen LogP contribution in [0.5, 0.6) is 11.5 Å². The van der Waals surface area contributed by atoms with Gasteiger partial charge in [-0.25, -0.2) is 0 Å². The van der Waals surface area contributed by atoms with Crippen LogP contribution >= 0.6 is 0 Å². The lowest BCUT2D eigenvalue weighted by Crippen LogP contribution is -2.35. The van der Waals surface area contributed by atoms with E-state index >= 15 is 0 Å². The number of ether oxygens (including phenoxy) is 3. The van der Waals surface area contributed by atoms with Crippen LogP contribution < -0.4 is 14.8 Å². The summed E-state index contributed by atoms with van der Waals surface area (Å²) < 4.78 is 16.3. The quantitative estimate of drug-likeness (QED) is 0.828. The number of hydrogen-bond acceptors (Lipinski definition) is 5. The third-order valence-electron chi connectivity index (χ3n) is 3.28. The van der Waals surface area contributed by atoms with Crippen LogP contribution in [-0.4, -0.2) is 38.4 Å². The van der Waals surface area contributed by atoms with Crippen LogP contribution in [-0.2, 0) is 9.53 Å². The molecule has 0 spiro atoms. The molecule has 1 fully saturated rings. The fourth-order valence-corrected chi connectivity index (χ4v) is 2.19. The van der Waals surface area contributed by atoms with Gasteiger partial charge in [0, 0.05) is 19.2 Å². The number of carbonyl (C=O) groups excluding carboxylic acids is 1. The first kappa shape index (κ1) is 16.1. The molecule has 6 nitrogen and oxygen atoms in total. The lowest BCUT2D eigenvalue weighted by atomic mass is 10.2. The number of hydrogen-bond donors (Lipinski definition) is 1. The van der Waals surface area contributed by atoms with Crippen molar-refractivity contribution in [3.05, 3.63) is 23.8 Å². The Bertz CT molecular complexity index is 548. The SMILES string of the molecule is CCOc1cc(C#N)ccc1OCC(=O)NCC1CCCO1. The number of amides is 1. The normalized spacial score (nSPS) is 16.8. The van der Waals surface area contributed by atoms with Crippen molar-refractivity contribution in [3.63, 3.8) is 0 Å². The zero-order valence-corrected chi connectivity index (χ0v) is 12.6. The summed E-state index contributed by atoms with van der Waals surface area (Å²) in [5.74, 6) is 0.712. The zero-order chi connectivity index (χ0) is 15.8. The largest absolute Gasteiger partial charge is 0.490 e. The van der Waals surface area contributed by atoms with Crippen LogP contribution in [0.2, 0.25) is 0 Å². The summed E-state index contributed by atoms with van der Waals surface area (Å²) in [6.07, 6.45) is 2.13. The van der Waals surface area contributed by atoms with E-state index in [0.29, 0.717) is 30.2 Å². The van der Waals surface area contributed by atoms with Gasteiger partial charge in [0.15, 0.2) is 18.1 Å². The van der Waals surface area contributed by atoms with Crippen LogP contribution in [0, 0.1) is 11.3 Å². The van der Waals surface area contributed by atoms with Crippen molar-refractivity contribution in [2.75, 3.05) is 26.4 Å². The molecule has 1 heterocycles. The van der Waals surface area contributed by atoms with Crippen LogP contribution in [0.1, 0.15) is 25.3 Å². The second-order valence-corrected chi connectivity index (χ2v) is 4.93. The molecule has 1 N–H and O–H groups in total. The number of nitrogens with zero attached hydrogens (tertiary/aromatic N) is 1. The van der Waals surface area contributed by atoms with Crippen LogP contribution in [0.4, 0.5) is 0 Å². The molecule has 6 heteroatoms. The smallest absolute Gasteiger partial charge is 0.258 e. The summed E-state index contributed by atoms with van der Waals surface area (Å²) in [4.78, 5) is 11.8. The number of nitriles is 1. The summed E-state index contributed by atoms with van der Waals surface area (Å²) in [5.41, 5.74) is 0.485. The topological polar surface area (TPSA) is 80.6 Å². The molecule has 1 atom stereocenters. The van der Waals surface area contributed by atoms with E-state index in [9.17, 15) is 4.79 Å². The Kier molecular flexibility index (Phi) is 6.04. The summed E-state index contributed by atoms with van der Waals surface area (Å²) in [5, 5.41) is 11.7. The Morgan fingerprint density at radius 1 is 1.45 bits per heavy atom. The van der Waals surface area contributed by atoms with E-state index < -0.39 is 0 Å². The predicted octanol–water partition coefficient (Wildman–Crippen LogP) is 1.63. The highest BCUT2D eigenvalue weighted by atomic mass is 16.5. The second kappa shape index (κ2) is 8.25. The van der Waals surface area contributed by atoms with E-state index in [2.05, 4.69) is 5.32 Å². The molecule has 2 rings (SSSR count). The minimum absolute atomic E-state index is 0.0985. The fraction of sp³-hybridized carbons (Fsp3) is 0.500. The van der Waals surface area contributed by atoms with E-state index in [1.165, 1.54) is 0 Å². The van der Waals surface area contributed by atoms with Gasteiger partial charge in [-0.05, 0) is 31.9 Å². The van der Waals surface area contributed by atoms with Gasteiger partial charge in [0.05, 0.1) is 24.3 Å². The maximum absolute atomic E-state index is 11.8. The fourth-order valence-electron chi connectivity index (χ4n) is 2.19.